The molecular weight excluding hydrogens is 214 g/mol. The van der Waals surface area contributed by atoms with Crippen LogP contribution in [0.4, 0.5) is 0 Å². The Morgan fingerprint density at radius 3 is 2.83 bits per heavy atom. The maximum Gasteiger partial charge on any atom is 0.0487 e. The van der Waals surface area contributed by atoms with Crippen molar-refractivity contribution >= 4 is 26.8 Å². The van der Waals surface area contributed by atoms with Crippen molar-refractivity contribution in [3.63, 3.8) is 0 Å². The van der Waals surface area contributed by atoms with Crippen LogP contribution in [0, 0.1) is 13.8 Å². The van der Waals surface area contributed by atoms with Gasteiger partial charge < -0.3 is 4.98 Å². The summed E-state index contributed by atoms with van der Waals surface area (Å²) in [5.41, 5.74) is 3.83. The molecule has 1 N–H and O–H groups in total. The molecule has 62 valence electrons. The van der Waals surface area contributed by atoms with Gasteiger partial charge in [-0.05, 0) is 37.1 Å². The first-order chi connectivity index (χ1) is 5.70. The van der Waals surface area contributed by atoms with Gasteiger partial charge in [0.15, 0.2) is 0 Å². The van der Waals surface area contributed by atoms with Crippen molar-refractivity contribution in [3.8, 4) is 0 Å². The highest BCUT2D eigenvalue weighted by Crippen LogP contribution is 2.27. The largest absolute Gasteiger partial charge is 0.361 e. The van der Waals surface area contributed by atoms with Crippen LogP contribution in [0.5, 0.6) is 0 Å². The number of aryl methyl sites for hydroxylation is 2. The SMILES string of the molecule is Cc1c(Br)cc(C)c2[nH]ccc12. The fraction of sp³-hybridized carbons (Fsp3) is 0.200. The standard InChI is InChI=1S/C10H10BrN/c1-6-5-9(11)7(2)8-3-4-12-10(6)8/h3-5,12H,1-2H3. The van der Waals surface area contributed by atoms with Gasteiger partial charge in [-0.2, -0.15) is 0 Å². The average molecular weight is 224 g/mol. The van der Waals surface area contributed by atoms with Gasteiger partial charge in [0.25, 0.3) is 0 Å². The Kier molecular flexibility index (Phi) is 1.72. The third-order valence-electron chi connectivity index (χ3n) is 2.25. The monoisotopic (exact) mass is 223 g/mol. The first-order valence-electron chi connectivity index (χ1n) is 3.93. The quantitative estimate of drug-likeness (QED) is 0.704. The molecular formula is C10H10BrN. The second-order valence-electron chi connectivity index (χ2n) is 3.07. The average Bonchev–Trinajstić information content (AvgIpc) is 2.48. The lowest BCUT2D eigenvalue weighted by Gasteiger charge is -2.02. The summed E-state index contributed by atoms with van der Waals surface area (Å²) in [4.78, 5) is 3.24. The smallest absolute Gasteiger partial charge is 0.0487 e. The molecule has 0 aliphatic heterocycles. The van der Waals surface area contributed by atoms with E-state index >= 15 is 0 Å². The summed E-state index contributed by atoms with van der Waals surface area (Å²) in [6, 6.07) is 4.26. The van der Waals surface area contributed by atoms with Gasteiger partial charge >= 0.3 is 0 Å². The van der Waals surface area contributed by atoms with Gasteiger partial charge in [0.05, 0.1) is 0 Å². The summed E-state index contributed by atoms with van der Waals surface area (Å²) in [7, 11) is 0. The minimum atomic E-state index is 1.19. The van der Waals surface area contributed by atoms with Crippen LogP contribution in [0.1, 0.15) is 11.1 Å². The lowest BCUT2D eigenvalue weighted by Crippen LogP contribution is -1.81. The molecule has 0 saturated carbocycles. The number of hydrogen-bond donors (Lipinski definition) is 1. The molecule has 0 fully saturated rings. The summed E-state index contributed by atoms with van der Waals surface area (Å²) in [6.45, 7) is 4.24. The Balaban J connectivity index is 2.97. The molecule has 2 aromatic rings. The molecule has 12 heavy (non-hydrogen) atoms. The molecule has 0 unspecified atom stereocenters. The van der Waals surface area contributed by atoms with Gasteiger partial charge in [-0.15, -0.1) is 0 Å². The Bertz CT molecular complexity index is 429. The lowest BCUT2D eigenvalue weighted by atomic mass is 10.1. The fourth-order valence-corrected chi connectivity index (χ4v) is 2.06. The van der Waals surface area contributed by atoms with Crippen LogP contribution in [0.15, 0.2) is 22.8 Å². The Morgan fingerprint density at radius 1 is 1.33 bits per heavy atom. The molecule has 0 amide bonds. The molecule has 0 radical (unpaired) electrons. The summed E-state index contributed by atoms with van der Waals surface area (Å²) < 4.78 is 1.19. The summed E-state index contributed by atoms with van der Waals surface area (Å²) >= 11 is 3.54. The van der Waals surface area contributed by atoms with Crippen LogP contribution < -0.4 is 0 Å². The first-order valence-corrected chi connectivity index (χ1v) is 4.72. The van der Waals surface area contributed by atoms with Crippen LogP contribution >= 0.6 is 15.9 Å². The highest BCUT2D eigenvalue weighted by Gasteiger charge is 2.04. The van der Waals surface area contributed by atoms with E-state index in [2.05, 4.69) is 46.9 Å². The highest BCUT2D eigenvalue weighted by molar-refractivity contribution is 9.10. The Hall–Kier alpha value is -0.760. The van der Waals surface area contributed by atoms with E-state index in [1.165, 1.54) is 26.5 Å². The fourth-order valence-electron chi connectivity index (χ4n) is 1.51. The number of H-pyrrole nitrogens is 1. The summed E-state index contributed by atoms with van der Waals surface area (Å²) in [5.74, 6) is 0. The Morgan fingerprint density at radius 2 is 2.08 bits per heavy atom. The zero-order chi connectivity index (χ0) is 8.72. The molecule has 1 heterocycles. The van der Waals surface area contributed by atoms with E-state index in [9.17, 15) is 0 Å². The van der Waals surface area contributed by atoms with Gasteiger partial charge in [-0.1, -0.05) is 15.9 Å². The number of fused-ring (bicyclic) bond motifs is 1. The van der Waals surface area contributed by atoms with Crippen molar-refractivity contribution < 1.29 is 0 Å². The zero-order valence-corrected chi connectivity index (χ0v) is 8.70. The van der Waals surface area contributed by atoms with E-state index in [4.69, 9.17) is 0 Å². The number of benzene rings is 1. The minimum absolute atomic E-state index is 1.19. The van der Waals surface area contributed by atoms with E-state index in [-0.39, 0.29) is 0 Å². The van der Waals surface area contributed by atoms with E-state index in [0.29, 0.717) is 0 Å². The molecule has 2 rings (SSSR count). The molecule has 0 saturated heterocycles. The molecule has 1 aromatic carbocycles. The van der Waals surface area contributed by atoms with Gasteiger partial charge in [0.2, 0.25) is 0 Å². The van der Waals surface area contributed by atoms with Crippen LogP contribution in [0.2, 0.25) is 0 Å². The van der Waals surface area contributed by atoms with Gasteiger partial charge in [0, 0.05) is 21.6 Å². The third-order valence-corrected chi connectivity index (χ3v) is 3.07. The van der Waals surface area contributed by atoms with Crippen LogP contribution in [0.25, 0.3) is 10.9 Å². The molecule has 0 spiro atoms. The van der Waals surface area contributed by atoms with Crippen LogP contribution in [-0.4, -0.2) is 4.98 Å². The van der Waals surface area contributed by atoms with E-state index < -0.39 is 0 Å². The van der Waals surface area contributed by atoms with Crippen molar-refractivity contribution in [1.82, 2.24) is 4.98 Å². The zero-order valence-electron chi connectivity index (χ0n) is 7.11. The number of nitrogens with one attached hydrogen (secondary N) is 1. The number of aromatic amines is 1. The van der Waals surface area contributed by atoms with Crippen molar-refractivity contribution in [2.45, 2.75) is 13.8 Å². The maximum atomic E-state index is 3.54. The second kappa shape index (κ2) is 2.63. The molecule has 0 bridgehead atoms. The van der Waals surface area contributed by atoms with Gasteiger partial charge in [-0.25, -0.2) is 0 Å². The first kappa shape index (κ1) is 7.87. The number of halogens is 1. The van der Waals surface area contributed by atoms with Crippen molar-refractivity contribution in [2.75, 3.05) is 0 Å². The van der Waals surface area contributed by atoms with E-state index in [0.717, 1.165) is 0 Å². The highest BCUT2D eigenvalue weighted by atomic mass is 79.9. The van der Waals surface area contributed by atoms with Crippen molar-refractivity contribution in [3.05, 3.63) is 33.9 Å². The van der Waals surface area contributed by atoms with Crippen molar-refractivity contribution in [1.29, 1.82) is 0 Å². The third kappa shape index (κ3) is 0.985. The predicted molar refractivity (Wildman–Crippen MR) is 55.5 cm³/mol. The second-order valence-corrected chi connectivity index (χ2v) is 3.92. The van der Waals surface area contributed by atoms with Gasteiger partial charge in [0.1, 0.15) is 0 Å². The van der Waals surface area contributed by atoms with E-state index in [1.54, 1.807) is 0 Å². The topological polar surface area (TPSA) is 15.8 Å². The normalized spacial score (nSPS) is 10.9. The number of rotatable bonds is 0. The minimum Gasteiger partial charge on any atom is -0.361 e. The van der Waals surface area contributed by atoms with Crippen LogP contribution in [0.3, 0.4) is 0 Å². The number of aromatic nitrogens is 1. The molecule has 0 atom stereocenters. The lowest BCUT2D eigenvalue weighted by molar-refractivity contribution is 1.38. The number of hydrogen-bond acceptors (Lipinski definition) is 0. The molecule has 1 aromatic heterocycles. The molecule has 0 aliphatic carbocycles. The van der Waals surface area contributed by atoms with Crippen molar-refractivity contribution in [2.24, 2.45) is 0 Å². The van der Waals surface area contributed by atoms with E-state index in [1.807, 2.05) is 6.20 Å². The molecule has 2 heteroatoms. The predicted octanol–water partition coefficient (Wildman–Crippen LogP) is 3.55. The maximum absolute atomic E-state index is 3.54. The van der Waals surface area contributed by atoms with Crippen LogP contribution in [-0.2, 0) is 0 Å². The van der Waals surface area contributed by atoms with Gasteiger partial charge in [-0.3, -0.25) is 0 Å². The Labute approximate surface area is 79.9 Å². The summed E-state index contributed by atoms with van der Waals surface area (Å²) in [5, 5.41) is 1.31. The molecule has 1 nitrogen and oxygen atoms in total. The summed E-state index contributed by atoms with van der Waals surface area (Å²) in [6.07, 6.45) is 1.98. The molecule has 0 aliphatic rings.